The van der Waals surface area contributed by atoms with Gasteiger partial charge in [0.1, 0.15) is 0 Å². The largest absolute Gasteiger partial charge is 0.352 e. The summed E-state index contributed by atoms with van der Waals surface area (Å²) in [5, 5.41) is 3.09. The number of nitrogens with two attached hydrogens (primary N) is 1. The van der Waals surface area contributed by atoms with Crippen molar-refractivity contribution in [2.24, 2.45) is 17.6 Å². The molecule has 2 aliphatic carbocycles. The van der Waals surface area contributed by atoms with E-state index in [9.17, 15) is 4.79 Å². The molecule has 2 rings (SSSR count). The van der Waals surface area contributed by atoms with E-state index in [0.29, 0.717) is 18.9 Å². The molecule has 0 aromatic carbocycles. The molecular formula is C13H24N2O. The van der Waals surface area contributed by atoms with Gasteiger partial charge in [-0.25, -0.2) is 0 Å². The highest BCUT2D eigenvalue weighted by Gasteiger charge is 2.31. The first-order chi connectivity index (χ1) is 7.79. The van der Waals surface area contributed by atoms with Gasteiger partial charge in [-0.1, -0.05) is 25.7 Å². The minimum Gasteiger partial charge on any atom is -0.352 e. The van der Waals surface area contributed by atoms with Gasteiger partial charge in [-0.3, -0.25) is 4.79 Å². The van der Waals surface area contributed by atoms with Crippen LogP contribution in [0.3, 0.4) is 0 Å². The fraction of sp³-hybridized carbons (Fsp3) is 0.923. The number of hydrogen-bond acceptors (Lipinski definition) is 2. The van der Waals surface area contributed by atoms with Crippen molar-refractivity contribution in [3.05, 3.63) is 0 Å². The Morgan fingerprint density at radius 2 is 1.94 bits per heavy atom. The fourth-order valence-electron chi connectivity index (χ4n) is 2.78. The zero-order valence-electron chi connectivity index (χ0n) is 10.1. The molecule has 0 saturated heterocycles. The van der Waals surface area contributed by atoms with E-state index in [2.05, 4.69) is 5.32 Å². The van der Waals surface area contributed by atoms with Crippen LogP contribution in [0.1, 0.15) is 51.4 Å². The number of hydrogen-bond donors (Lipinski definition) is 2. The third-order valence-corrected chi connectivity index (χ3v) is 4.05. The molecule has 1 unspecified atom stereocenters. The molecule has 3 N–H and O–H groups in total. The average Bonchev–Trinajstić information content (AvgIpc) is 3.00. The second-order valence-electron chi connectivity index (χ2n) is 5.44. The summed E-state index contributed by atoms with van der Waals surface area (Å²) in [5.74, 6) is 1.69. The molecule has 0 heterocycles. The minimum absolute atomic E-state index is 0.217. The van der Waals surface area contributed by atoms with Crippen LogP contribution in [0.5, 0.6) is 0 Å². The minimum atomic E-state index is 0.217. The topological polar surface area (TPSA) is 55.1 Å². The molecule has 16 heavy (non-hydrogen) atoms. The van der Waals surface area contributed by atoms with Gasteiger partial charge in [-0.2, -0.15) is 0 Å². The molecule has 2 saturated carbocycles. The van der Waals surface area contributed by atoms with Gasteiger partial charge < -0.3 is 11.1 Å². The molecule has 0 radical (unpaired) electrons. The van der Waals surface area contributed by atoms with Crippen molar-refractivity contribution in [1.82, 2.24) is 5.32 Å². The van der Waals surface area contributed by atoms with Gasteiger partial charge in [0, 0.05) is 19.0 Å². The second-order valence-corrected chi connectivity index (χ2v) is 5.44. The van der Waals surface area contributed by atoms with E-state index >= 15 is 0 Å². The van der Waals surface area contributed by atoms with Crippen LogP contribution in [-0.2, 0) is 4.79 Å². The van der Waals surface area contributed by atoms with Crippen LogP contribution in [0.4, 0.5) is 0 Å². The van der Waals surface area contributed by atoms with E-state index in [1.165, 1.54) is 38.5 Å². The highest BCUT2D eigenvalue weighted by molar-refractivity contribution is 5.76. The van der Waals surface area contributed by atoms with Crippen LogP contribution in [0, 0.1) is 11.8 Å². The Hall–Kier alpha value is -0.570. The predicted molar refractivity (Wildman–Crippen MR) is 64.9 cm³/mol. The van der Waals surface area contributed by atoms with Crippen LogP contribution in [0.15, 0.2) is 0 Å². The molecule has 0 aliphatic heterocycles. The Balaban J connectivity index is 1.62. The lowest BCUT2D eigenvalue weighted by Gasteiger charge is -2.16. The maximum absolute atomic E-state index is 11.7. The van der Waals surface area contributed by atoms with E-state index in [1.54, 1.807) is 0 Å². The average molecular weight is 224 g/mol. The molecule has 92 valence electrons. The zero-order valence-corrected chi connectivity index (χ0v) is 10.1. The summed E-state index contributed by atoms with van der Waals surface area (Å²) in [6.45, 7) is 0.597. The van der Waals surface area contributed by atoms with Crippen LogP contribution < -0.4 is 11.1 Å². The first kappa shape index (κ1) is 11.9. The maximum Gasteiger partial charge on any atom is 0.220 e. The predicted octanol–water partition coefficient (Wildman–Crippen LogP) is 1.81. The summed E-state index contributed by atoms with van der Waals surface area (Å²) in [5.41, 5.74) is 5.67. The van der Waals surface area contributed by atoms with Crippen LogP contribution in [-0.4, -0.2) is 18.5 Å². The second kappa shape index (κ2) is 5.67. The first-order valence-corrected chi connectivity index (χ1v) is 6.79. The van der Waals surface area contributed by atoms with Gasteiger partial charge >= 0.3 is 0 Å². The van der Waals surface area contributed by atoms with E-state index in [0.717, 1.165) is 12.3 Å². The van der Waals surface area contributed by atoms with Gasteiger partial charge in [0.25, 0.3) is 0 Å². The molecule has 0 spiro atoms. The lowest BCUT2D eigenvalue weighted by molar-refractivity contribution is -0.122. The maximum atomic E-state index is 11.7. The molecule has 0 aromatic heterocycles. The van der Waals surface area contributed by atoms with E-state index in [-0.39, 0.29) is 11.9 Å². The Bertz CT molecular complexity index is 232. The Kier molecular flexibility index (Phi) is 4.22. The summed E-state index contributed by atoms with van der Waals surface area (Å²) < 4.78 is 0. The Labute approximate surface area is 98.2 Å². The van der Waals surface area contributed by atoms with Gasteiger partial charge in [-0.05, 0) is 31.1 Å². The van der Waals surface area contributed by atoms with Crippen molar-refractivity contribution in [3.63, 3.8) is 0 Å². The fourth-order valence-corrected chi connectivity index (χ4v) is 2.78. The number of carbonyl (C=O) groups excluding carboxylic acids is 1. The van der Waals surface area contributed by atoms with Gasteiger partial charge in [0.2, 0.25) is 5.91 Å². The third kappa shape index (κ3) is 3.48. The molecule has 0 aromatic rings. The molecule has 2 fully saturated rings. The van der Waals surface area contributed by atoms with Crippen LogP contribution >= 0.6 is 0 Å². The van der Waals surface area contributed by atoms with Crippen molar-refractivity contribution in [2.45, 2.75) is 57.4 Å². The number of rotatable bonds is 6. The zero-order chi connectivity index (χ0) is 11.4. The van der Waals surface area contributed by atoms with Crippen molar-refractivity contribution >= 4 is 5.91 Å². The summed E-state index contributed by atoms with van der Waals surface area (Å²) >= 11 is 0. The van der Waals surface area contributed by atoms with E-state index < -0.39 is 0 Å². The monoisotopic (exact) mass is 224 g/mol. The molecule has 1 atom stereocenters. The van der Waals surface area contributed by atoms with E-state index in [1.807, 2.05) is 0 Å². The summed E-state index contributed by atoms with van der Waals surface area (Å²) in [6, 6.07) is 0.246. The van der Waals surface area contributed by atoms with Crippen molar-refractivity contribution in [1.29, 1.82) is 0 Å². The number of carbonyl (C=O) groups is 1. The molecule has 3 heteroatoms. The van der Waals surface area contributed by atoms with Crippen LogP contribution in [0.2, 0.25) is 0 Å². The van der Waals surface area contributed by atoms with Crippen LogP contribution in [0.25, 0.3) is 0 Å². The summed E-state index contributed by atoms with van der Waals surface area (Å²) in [4.78, 5) is 11.7. The van der Waals surface area contributed by atoms with E-state index in [4.69, 9.17) is 5.73 Å². The SMILES string of the molecule is NCC(NC(=O)CCC1CCCC1)C1CC1. The van der Waals surface area contributed by atoms with Gasteiger partial charge in [0.15, 0.2) is 0 Å². The lowest BCUT2D eigenvalue weighted by atomic mass is 10.0. The van der Waals surface area contributed by atoms with Gasteiger partial charge in [0.05, 0.1) is 0 Å². The molecular weight excluding hydrogens is 200 g/mol. The van der Waals surface area contributed by atoms with Crippen molar-refractivity contribution in [2.75, 3.05) is 6.54 Å². The summed E-state index contributed by atoms with van der Waals surface area (Å²) in [7, 11) is 0. The number of amides is 1. The standard InChI is InChI=1S/C13H24N2O/c14-9-12(11-6-7-11)15-13(16)8-5-10-3-1-2-4-10/h10-12H,1-9,14H2,(H,15,16). The normalized spacial score (nSPS) is 23.3. The lowest BCUT2D eigenvalue weighted by Crippen LogP contribution is -2.41. The molecule has 2 aliphatic rings. The Morgan fingerprint density at radius 1 is 1.25 bits per heavy atom. The smallest absolute Gasteiger partial charge is 0.220 e. The van der Waals surface area contributed by atoms with Gasteiger partial charge in [-0.15, -0.1) is 0 Å². The quantitative estimate of drug-likeness (QED) is 0.723. The van der Waals surface area contributed by atoms with Crippen molar-refractivity contribution < 1.29 is 4.79 Å². The molecule has 3 nitrogen and oxygen atoms in total. The number of nitrogens with one attached hydrogen (secondary N) is 1. The first-order valence-electron chi connectivity index (χ1n) is 6.79. The molecule has 0 bridgehead atoms. The van der Waals surface area contributed by atoms with Crippen molar-refractivity contribution in [3.8, 4) is 0 Å². The summed E-state index contributed by atoms with van der Waals surface area (Å²) in [6.07, 6.45) is 9.64. The third-order valence-electron chi connectivity index (χ3n) is 4.05. The molecule has 1 amide bonds. The Morgan fingerprint density at radius 3 is 2.50 bits per heavy atom. The highest BCUT2D eigenvalue weighted by atomic mass is 16.1. The highest BCUT2D eigenvalue weighted by Crippen LogP contribution is 2.32.